The molecule has 0 aliphatic heterocycles. The largest absolute Gasteiger partial charge is 0.309 e. The molecule has 19 heavy (non-hydrogen) atoms. The summed E-state index contributed by atoms with van der Waals surface area (Å²) in [5.41, 5.74) is 2.16. The summed E-state index contributed by atoms with van der Waals surface area (Å²) in [4.78, 5) is 0. The molecule has 0 saturated carbocycles. The average Bonchev–Trinajstić information content (AvgIpc) is 2.38. The van der Waals surface area contributed by atoms with Crippen molar-refractivity contribution in [1.82, 2.24) is 5.32 Å². The van der Waals surface area contributed by atoms with Crippen molar-refractivity contribution in [3.63, 3.8) is 0 Å². The van der Waals surface area contributed by atoms with Crippen LogP contribution in [-0.2, 0) is 13.1 Å². The average molecular weight is 335 g/mol. The second-order valence-electron chi connectivity index (χ2n) is 4.10. The molecule has 0 amide bonds. The Morgan fingerprint density at radius 3 is 1.42 bits per heavy atom. The van der Waals surface area contributed by atoms with E-state index in [-0.39, 0.29) is 0 Å². The molecule has 0 saturated heterocycles. The fraction of sp³-hybridized carbons (Fsp3) is 0.143. The summed E-state index contributed by atoms with van der Waals surface area (Å²) in [6.07, 6.45) is 0. The second-order valence-corrected chi connectivity index (χ2v) is 5.73. The first kappa shape index (κ1) is 15.0. The van der Waals surface area contributed by atoms with E-state index < -0.39 is 0 Å². The molecule has 2 aromatic rings. The lowest BCUT2D eigenvalue weighted by molar-refractivity contribution is 0.693. The molecule has 0 radical (unpaired) electrons. The number of hydrogen-bond donors (Lipinski definition) is 1. The number of nitrogens with one attached hydrogen (secondary N) is 1. The monoisotopic (exact) mass is 333 g/mol. The summed E-state index contributed by atoms with van der Waals surface area (Å²) < 4.78 is 0. The van der Waals surface area contributed by atoms with Crippen molar-refractivity contribution in [2.75, 3.05) is 0 Å². The minimum atomic E-state index is 0.565. The molecule has 0 fully saturated rings. The summed E-state index contributed by atoms with van der Waals surface area (Å²) >= 11 is 23.6. The molecule has 0 aliphatic rings. The van der Waals surface area contributed by atoms with Gasteiger partial charge in [0.05, 0.1) is 20.1 Å². The van der Waals surface area contributed by atoms with E-state index in [4.69, 9.17) is 46.4 Å². The number of hydrogen-bond acceptors (Lipinski definition) is 1. The van der Waals surface area contributed by atoms with Gasteiger partial charge in [-0.05, 0) is 35.4 Å². The van der Waals surface area contributed by atoms with Crippen LogP contribution in [0, 0.1) is 0 Å². The molecular weight excluding hydrogens is 324 g/mol. The minimum absolute atomic E-state index is 0.565. The van der Waals surface area contributed by atoms with Crippen molar-refractivity contribution in [3.05, 3.63) is 67.6 Å². The summed E-state index contributed by atoms with van der Waals surface area (Å²) in [5, 5.41) is 5.57. The Morgan fingerprint density at radius 2 is 1.05 bits per heavy atom. The van der Waals surface area contributed by atoms with Gasteiger partial charge in [0.1, 0.15) is 0 Å². The lowest BCUT2D eigenvalue weighted by Gasteiger charge is -2.07. The molecule has 0 bridgehead atoms. The Labute approximate surface area is 132 Å². The van der Waals surface area contributed by atoms with Crippen LogP contribution in [0.1, 0.15) is 11.1 Å². The highest BCUT2D eigenvalue weighted by molar-refractivity contribution is 6.42. The summed E-state index contributed by atoms with van der Waals surface area (Å²) in [6.45, 7) is 1.41. The molecule has 2 aromatic carbocycles. The van der Waals surface area contributed by atoms with Crippen LogP contribution >= 0.6 is 46.4 Å². The lowest BCUT2D eigenvalue weighted by atomic mass is 10.2. The predicted molar refractivity (Wildman–Crippen MR) is 83.5 cm³/mol. The van der Waals surface area contributed by atoms with Gasteiger partial charge in [0.25, 0.3) is 0 Å². The molecule has 100 valence electrons. The van der Waals surface area contributed by atoms with Gasteiger partial charge in [0.15, 0.2) is 0 Å². The van der Waals surface area contributed by atoms with Crippen molar-refractivity contribution in [3.8, 4) is 0 Å². The van der Waals surface area contributed by atoms with Gasteiger partial charge < -0.3 is 5.32 Å². The van der Waals surface area contributed by atoms with E-state index in [1.54, 1.807) is 12.1 Å². The van der Waals surface area contributed by atoms with Gasteiger partial charge in [-0.15, -0.1) is 0 Å². The van der Waals surface area contributed by atoms with Gasteiger partial charge in [0, 0.05) is 13.1 Å². The maximum Gasteiger partial charge on any atom is 0.0595 e. The number of rotatable bonds is 4. The van der Waals surface area contributed by atoms with Crippen molar-refractivity contribution in [2.24, 2.45) is 0 Å². The van der Waals surface area contributed by atoms with Gasteiger partial charge in [-0.3, -0.25) is 0 Å². The zero-order valence-electron chi connectivity index (χ0n) is 9.89. The smallest absolute Gasteiger partial charge is 0.0595 e. The molecule has 1 N–H and O–H groups in total. The highest BCUT2D eigenvalue weighted by atomic mass is 35.5. The van der Waals surface area contributed by atoms with Gasteiger partial charge in [-0.1, -0.05) is 58.5 Å². The molecule has 2 rings (SSSR count). The minimum Gasteiger partial charge on any atom is -0.309 e. The van der Waals surface area contributed by atoms with E-state index in [0.717, 1.165) is 11.1 Å². The molecule has 5 heteroatoms. The molecule has 1 nitrogen and oxygen atoms in total. The lowest BCUT2D eigenvalue weighted by Crippen LogP contribution is -2.12. The molecular formula is C14H11Cl4N. The highest BCUT2D eigenvalue weighted by Crippen LogP contribution is 2.23. The maximum atomic E-state index is 5.96. The Bertz CT molecular complexity index is 532. The van der Waals surface area contributed by atoms with E-state index in [1.807, 2.05) is 24.3 Å². The fourth-order valence-electron chi connectivity index (χ4n) is 1.65. The first-order valence-electron chi connectivity index (χ1n) is 5.65. The second kappa shape index (κ2) is 6.83. The summed E-state index contributed by atoms with van der Waals surface area (Å²) in [5.74, 6) is 0. The topological polar surface area (TPSA) is 12.0 Å². The van der Waals surface area contributed by atoms with Crippen LogP contribution in [0.2, 0.25) is 20.1 Å². The molecule has 0 atom stereocenters. The quantitative estimate of drug-likeness (QED) is 0.768. The van der Waals surface area contributed by atoms with E-state index >= 15 is 0 Å². The third-order valence-corrected chi connectivity index (χ3v) is 4.10. The Hall–Kier alpha value is -0.440. The Balaban J connectivity index is 1.92. The van der Waals surface area contributed by atoms with Crippen molar-refractivity contribution in [2.45, 2.75) is 13.1 Å². The Kier molecular flexibility index (Phi) is 5.37. The van der Waals surface area contributed by atoms with Gasteiger partial charge >= 0.3 is 0 Å². The number of halogens is 4. The molecule has 0 aromatic heterocycles. The van der Waals surface area contributed by atoms with Crippen molar-refractivity contribution < 1.29 is 0 Å². The fourth-order valence-corrected chi connectivity index (χ4v) is 2.29. The van der Waals surface area contributed by atoms with Gasteiger partial charge in [-0.2, -0.15) is 0 Å². The summed E-state index contributed by atoms with van der Waals surface area (Å²) in [6, 6.07) is 11.2. The maximum absolute atomic E-state index is 5.96. The SMILES string of the molecule is Clc1ccc(CNCc2ccc(Cl)c(Cl)c2)cc1Cl. The molecule has 0 unspecified atom stereocenters. The van der Waals surface area contributed by atoms with Crippen LogP contribution in [0.25, 0.3) is 0 Å². The van der Waals surface area contributed by atoms with Crippen LogP contribution in [0.5, 0.6) is 0 Å². The van der Waals surface area contributed by atoms with Crippen molar-refractivity contribution in [1.29, 1.82) is 0 Å². The summed E-state index contributed by atoms with van der Waals surface area (Å²) in [7, 11) is 0. The zero-order chi connectivity index (χ0) is 13.8. The van der Waals surface area contributed by atoms with Crippen LogP contribution in [-0.4, -0.2) is 0 Å². The zero-order valence-corrected chi connectivity index (χ0v) is 12.9. The highest BCUT2D eigenvalue weighted by Gasteiger charge is 2.01. The molecule has 0 aliphatic carbocycles. The third kappa shape index (κ3) is 4.27. The van der Waals surface area contributed by atoms with Crippen molar-refractivity contribution >= 4 is 46.4 Å². The first-order chi connectivity index (χ1) is 9.06. The number of benzene rings is 2. The Morgan fingerprint density at radius 1 is 0.632 bits per heavy atom. The van der Waals surface area contributed by atoms with Crippen LogP contribution in [0.15, 0.2) is 36.4 Å². The third-order valence-electron chi connectivity index (χ3n) is 2.63. The van der Waals surface area contributed by atoms with Crippen LogP contribution < -0.4 is 5.32 Å². The van der Waals surface area contributed by atoms with Crippen LogP contribution in [0.4, 0.5) is 0 Å². The van der Waals surface area contributed by atoms with E-state index in [1.165, 1.54) is 0 Å². The van der Waals surface area contributed by atoms with Crippen LogP contribution in [0.3, 0.4) is 0 Å². The first-order valence-corrected chi connectivity index (χ1v) is 7.16. The predicted octanol–water partition coefficient (Wildman–Crippen LogP) is 5.59. The molecule has 0 heterocycles. The van der Waals surface area contributed by atoms with E-state index in [0.29, 0.717) is 33.2 Å². The van der Waals surface area contributed by atoms with Gasteiger partial charge in [0.2, 0.25) is 0 Å². The van der Waals surface area contributed by atoms with E-state index in [9.17, 15) is 0 Å². The van der Waals surface area contributed by atoms with Gasteiger partial charge in [-0.25, -0.2) is 0 Å². The van der Waals surface area contributed by atoms with E-state index in [2.05, 4.69) is 5.32 Å². The standard InChI is InChI=1S/C14H11Cl4N/c15-11-3-1-9(5-13(11)17)7-19-8-10-2-4-12(16)14(18)6-10/h1-6,19H,7-8H2. The molecule has 0 spiro atoms. The normalized spacial score (nSPS) is 10.7.